The molecule has 2 rings (SSSR count). The molecule has 2 atom stereocenters. The molecule has 1 aliphatic rings. The number of allylic oxidation sites excluding steroid dienone is 1. The van der Waals surface area contributed by atoms with Crippen LogP contribution in [-0.2, 0) is 0 Å². The van der Waals surface area contributed by atoms with Gasteiger partial charge in [0.25, 0.3) is 0 Å². The number of rotatable bonds is 4. The van der Waals surface area contributed by atoms with Gasteiger partial charge < -0.3 is 15.5 Å². The van der Waals surface area contributed by atoms with Crippen molar-refractivity contribution in [1.29, 1.82) is 0 Å². The van der Waals surface area contributed by atoms with Crippen LogP contribution in [0.3, 0.4) is 0 Å². The number of hydrogen-bond acceptors (Lipinski definition) is 3. The van der Waals surface area contributed by atoms with Crippen molar-refractivity contribution in [1.82, 2.24) is 5.32 Å². The highest BCUT2D eigenvalue weighted by Crippen LogP contribution is 2.17. The van der Waals surface area contributed by atoms with Crippen molar-refractivity contribution in [3.05, 3.63) is 42.0 Å². The molecule has 17 heavy (non-hydrogen) atoms. The van der Waals surface area contributed by atoms with Crippen molar-refractivity contribution in [3.8, 4) is 5.75 Å². The van der Waals surface area contributed by atoms with E-state index in [1.165, 1.54) is 0 Å². The number of phenolic OH excluding ortho intramolecular Hbond substituents is 1. The van der Waals surface area contributed by atoms with Crippen LogP contribution in [0.25, 0.3) is 0 Å². The standard InChI is InChI=1S/C14H19NO2/c16-13-8-6-11(7-9-13)14(17)10-15-12-4-2-1-3-5-12/h1-2,6-9,12,14-17H,3-5,10H2. The lowest BCUT2D eigenvalue weighted by Gasteiger charge is -2.21. The van der Waals surface area contributed by atoms with Gasteiger partial charge in [0.05, 0.1) is 6.10 Å². The SMILES string of the molecule is Oc1ccc(C(O)CNC2CC=CCC2)cc1. The second kappa shape index (κ2) is 5.84. The lowest BCUT2D eigenvalue weighted by Crippen LogP contribution is -2.33. The van der Waals surface area contributed by atoms with Gasteiger partial charge in [0.1, 0.15) is 5.75 Å². The van der Waals surface area contributed by atoms with Crippen LogP contribution in [0.15, 0.2) is 36.4 Å². The minimum absolute atomic E-state index is 0.228. The maximum atomic E-state index is 9.98. The molecule has 0 amide bonds. The minimum Gasteiger partial charge on any atom is -0.508 e. The average Bonchev–Trinajstić information content (AvgIpc) is 2.38. The molecule has 3 nitrogen and oxygen atoms in total. The smallest absolute Gasteiger partial charge is 0.115 e. The molecule has 0 aromatic heterocycles. The van der Waals surface area contributed by atoms with Gasteiger partial charge in [-0.2, -0.15) is 0 Å². The maximum absolute atomic E-state index is 9.98. The van der Waals surface area contributed by atoms with E-state index in [1.54, 1.807) is 24.3 Å². The third kappa shape index (κ3) is 3.58. The third-order valence-corrected chi connectivity index (χ3v) is 3.15. The monoisotopic (exact) mass is 233 g/mol. The predicted molar refractivity (Wildman–Crippen MR) is 67.8 cm³/mol. The van der Waals surface area contributed by atoms with Crippen molar-refractivity contribution < 1.29 is 10.2 Å². The van der Waals surface area contributed by atoms with Crippen LogP contribution in [-0.4, -0.2) is 22.8 Å². The van der Waals surface area contributed by atoms with E-state index in [-0.39, 0.29) is 5.75 Å². The van der Waals surface area contributed by atoms with Gasteiger partial charge >= 0.3 is 0 Å². The first-order valence-electron chi connectivity index (χ1n) is 6.11. The summed E-state index contributed by atoms with van der Waals surface area (Å²) in [6.07, 6.45) is 7.18. The molecule has 1 aromatic carbocycles. The molecule has 92 valence electrons. The Hall–Kier alpha value is -1.32. The van der Waals surface area contributed by atoms with Crippen molar-refractivity contribution in [2.24, 2.45) is 0 Å². The van der Waals surface area contributed by atoms with Crippen LogP contribution >= 0.6 is 0 Å². The summed E-state index contributed by atoms with van der Waals surface area (Å²) in [5.74, 6) is 0.228. The van der Waals surface area contributed by atoms with Gasteiger partial charge in [0, 0.05) is 12.6 Å². The number of aromatic hydroxyl groups is 1. The maximum Gasteiger partial charge on any atom is 0.115 e. The molecule has 1 aliphatic carbocycles. The molecule has 0 saturated heterocycles. The Balaban J connectivity index is 1.82. The summed E-state index contributed by atoms with van der Waals surface area (Å²) in [4.78, 5) is 0. The lowest BCUT2D eigenvalue weighted by molar-refractivity contribution is 0.168. The first kappa shape index (κ1) is 12.1. The van der Waals surface area contributed by atoms with Crippen LogP contribution < -0.4 is 5.32 Å². The summed E-state index contributed by atoms with van der Waals surface area (Å²) in [6, 6.07) is 7.18. The average molecular weight is 233 g/mol. The molecule has 1 aromatic rings. The summed E-state index contributed by atoms with van der Waals surface area (Å²) in [5.41, 5.74) is 0.835. The Morgan fingerprint density at radius 3 is 2.65 bits per heavy atom. The van der Waals surface area contributed by atoms with Crippen molar-refractivity contribution in [2.75, 3.05) is 6.54 Å². The molecule has 0 saturated carbocycles. The minimum atomic E-state index is -0.512. The van der Waals surface area contributed by atoms with E-state index < -0.39 is 6.10 Å². The molecular formula is C14H19NO2. The van der Waals surface area contributed by atoms with E-state index in [9.17, 15) is 5.11 Å². The normalized spacial score (nSPS) is 21.4. The molecule has 0 fully saturated rings. The van der Waals surface area contributed by atoms with Gasteiger partial charge in [-0.25, -0.2) is 0 Å². The quantitative estimate of drug-likeness (QED) is 0.698. The van der Waals surface area contributed by atoms with Gasteiger partial charge in [-0.1, -0.05) is 24.3 Å². The number of aliphatic hydroxyl groups is 1. The van der Waals surface area contributed by atoms with Crippen molar-refractivity contribution in [2.45, 2.75) is 31.4 Å². The summed E-state index contributed by atoms with van der Waals surface area (Å²) in [5, 5.41) is 22.5. The van der Waals surface area contributed by atoms with Crippen LogP contribution in [0.4, 0.5) is 0 Å². The molecule has 0 radical (unpaired) electrons. The topological polar surface area (TPSA) is 52.5 Å². The molecule has 0 heterocycles. The van der Waals surface area contributed by atoms with E-state index in [0.717, 1.165) is 24.8 Å². The second-order valence-corrected chi connectivity index (χ2v) is 4.50. The lowest BCUT2D eigenvalue weighted by atomic mass is 10.0. The Morgan fingerprint density at radius 1 is 1.24 bits per heavy atom. The molecule has 3 heteroatoms. The summed E-state index contributed by atoms with van der Waals surface area (Å²) in [7, 11) is 0. The van der Waals surface area contributed by atoms with Crippen LogP contribution in [0, 0.1) is 0 Å². The Morgan fingerprint density at radius 2 is 2.00 bits per heavy atom. The van der Waals surface area contributed by atoms with Crippen molar-refractivity contribution in [3.63, 3.8) is 0 Å². The molecule has 0 spiro atoms. The zero-order valence-corrected chi connectivity index (χ0v) is 9.84. The number of hydrogen-bond donors (Lipinski definition) is 3. The summed E-state index contributed by atoms with van der Waals surface area (Å²) >= 11 is 0. The first-order chi connectivity index (χ1) is 8.25. The van der Waals surface area contributed by atoms with Gasteiger partial charge in [-0.15, -0.1) is 0 Å². The Bertz CT molecular complexity index is 372. The van der Waals surface area contributed by atoms with E-state index in [2.05, 4.69) is 17.5 Å². The van der Waals surface area contributed by atoms with Gasteiger partial charge in [-0.05, 0) is 37.0 Å². The Kier molecular flexibility index (Phi) is 4.18. The fourth-order valence-corrected chi connectivity index (χ4v) is 2.07. The third-order valence-electron chi connectivity index (χ3n) is 3.15. The highest BCUT2D eigenvalue weighted by molar-refractivity contribution is 5.27. The highest BCUT2D eigenvalue weighted by atomic mass is 16.3. The molecule has 3 N–H and O–H groups in total. The number of aliphatic hydroxyl groups excluding tert-OH is 1. The van der Waals surface area contributed by atoms with E-state index in [4.69, 9.17) is 5.11 Å². The van der Waals surface area contributed by atoms with E-state index in [0.29, 0.717) is 12.6 Å². The fraction of sp³-hybridized carbons (Fsp3) is 0.429. The highest BCUT2D eigenvalue weighted by Gasteiger charge is 2.12. The molecule has 0 bridgehead atoms. The zero-order valence-electron chi connectivity index (χ0n) is 9.84. The Labute approximate surface area is 102 Å². The van der Waals surface area contributed by atoms with Crippen LogP contribution in [0.1, 0.15) is 30.9 Å². The fourth-order valence-electron chi connectivity index (χ4n) is 2.07. The summed E-state index contributed by atoms with van der Waals surface area (Å²) in [6.45, 7) is 0.559. The second-order valence-electron chi connectivity index (χ2n) is 4.50. The predicted octanol–water partition coefficient (Wildman–Crippen LogP) is 2.12. The van der Waals surface area contributed by atoms with E-state index >= 15 is 0 Å². The van der Waals surface area contributed by atoms with E-state index in [1.807, 2.05) is 0 Å². The number of phenols is 1. The number of nitrogens with one attached hydrogen (secondary N) is 1. The zero-order chi connectivity index (χ0) is 12.1. The largest absolute Gasteiger partial charge is 0.508 e. The van der Waals surface area contributed by atoms with Crippen LogP contribution in [0.5, 0.6) is 5.75 Å². The first-order valence-corrected chi connectivity index (χ1v) is 6.11. The van der Waals surface area contributed by atoms with Gasteiger partial charge in [-0.3, -0.25) is 0 Å². The molecule has 2 unspecified atom stereocenters. The van der Waals surface area contributed by atoms with Gasteiger partial charge in [0.15, 0.2) is 0 Å². The summed E-state index contributed by atoms with van der Waals surface area (Å²) < 4.78 is 0. The van der Waals surface area contributed by atoms with Gasteiger partial charge in [0.2, 0.25) is 0 Å². The van der Waals surface area contributed by atoms with Crippen LogP contribution in [0.2, 0.25) is 0 Å². The molecular weight excluding hydrogens is 214 g/mol. The van der Waals surface area contributed by atoms with Crippen molar-refractivity contribution >= 4 is 0 Å². The molecule has 0 aliphatic heterocycles. The number of benzene rings is 1.